The molecular formula is C22H35N7O. The van der Waals surface area contributed by atoms with Crippen LogP contribution in [0.15, 0.2) is 29.5 Å². The zero-order chi connectivity index (χ0) is 21.5. The Kier molecular flexibility index (Phi) is 7.68. The lowest BCUT2D eigenvalue weighted by Gasteiger charge is -2.33. The van der Waals surface area contributed by atoms with Gasteiger partial charge in [0, 0.05) is 65.1 Å². The quantitative estimate of drug-likeness (QED) is 0.528. The molecule has 0 aromatic carbocycles. The highest BCUT2D eigenvalue weighted by atomic mass is 16.2. The molecule has 30 heavy (non-hydrogen) atoms. The molecule has 1 saturated heterocycles. The number of nitrogens with one attached hydrogen (secondary N) is 2. The minimum Gasteiger partial charge on any atom is -0.357 e. The number of fused-ring (bicyclic) bond motifs is 1. The van der Waals surface area contributed by atoms with Gasteiger partial charge in [-0.05, 0) is 38.3 Å². The summed E-state index contributed by atoms with van der Waals surface area (Å²) in [6.45, 7) is 8.04. The first-order valence-corrected chi connectivity index (χ1v) is 10.9. The largest absolute Gasteiger partial charge is 0.357 e. The first-order chi connectivity index (χ1) is 14.5. The monoisotopic (exact) mass is 413 g/mol. The standard InChI is InChI=1S/C22H35N7O/c1-5-23-22(26-18-9-13-28(14-10-18)16-20(30)27(3)4)24-11-8-19-15-29-12-6-7-17(2)21(29)25-19/h6-7,12,15,18H,5,8-11,13-14,16H2,1-4H3,(H2,23,24,26). The van der Waals surface area contributed by atoms with Gasteiger partial charge in [0.2, 0.25) is 5.91 Å². The minimum absolute atomic E-state index is 0.165. The van der Waals surface area contributed by atoms with Crippen LogP contribution in [0.25, 0.3) is 5.65 Å². The smallest absolute Gasteiger partial charge is 0.236 e. The number of amides is 1. The van der Waals surface area contributed by atoms with E-state index in [1.807, 2.05) is 26.4 Å². The van der Waals surface area contributed by atoms with Crippen LogP contribution >= 0.6 is 0 Å². The van der Waals surface area contributed by atoms with E-state index in [-0.39, 0.29) is 5.91 Å². The summed E-state index contributed by atoms with van der Waals surface area (Å²) in [5.41, 5.74) is 3.25. The Morgan fingerprint density at radius 1 is 1.33 bits per heavy atom. The van der Waals surface area contributed by atoms with E-state index in [9.17, 15) is 4.79 Å². The molecule has 0 saturated carbocycles. The molecule has 0 unspecified atom stereocenters. The predicted molar refractivity (Wildman–Crippen MR) is 121 cm³/mol. The number of likely N-dealkylation sites (N-methyl/N-ethyl adjacent to an activating group) is 1. The van der Waals surface area contributed by atoms with Crippen molar-refractivity contribution in [3.63, 3.8) is 0 Å². The molecule has 2 N–H and O–H groups in total. The normalized spacial score (nSPS) is 16.1. The van der Waals surface area contributed by atoms with E-state index >= 15 is 0 Å². The Labute approximate surface area is 179 Å². The fourth-order valence-corrected chi connectivity index (χ4v) is 3.69. The highest BCUT2D eigenvalue weighted by Gasteiger charge is 2.22. The second-order valence-corrected chi connectivity index (χ2v) is 8.15. The third kappa shape index (κ3) is 5.95. The Hall–Kier alpha value is -2.61. The van der Waals surface area contributed by atoms with Gasteiger partial charge in [0.1, 0.15) is 5.65 Å². The molecule has 8 nitrogen and oxygen atoms in total. The number of guanidine groups is 1. The molecular weight excluding hydrogens is 378 g/mol. The molecule has 0 radical (unpaired) electrons. The molecule has 1 aliphatic heterocycles. The van der Waals surface area contributed by atoms with E-state index in [1.165, 1.54) is 5.56 Å². The van der Waals surface area contributed by atoms with Crippen LogP contribution < -0.4 is 10.6 Å². The van der Waals surface area contributed by atoms with Crippen LogP contribution in [0.2, 0.25) is 0 Å². The number of hydrogen-bond donors (Lipinski definition) is 2. The van der Waals surface area contributed by atoms with Gasteiger partial charge in [0.15, 0.2) is 5.96 Å². The fourth-order valence-electron chi connectivity index (χ4n) is 3.69. The maximum absolute atomic E-state index is 11.9. The van der Waals surface area contributed by atoms with Gasteiger partial charge in [-0.1, -0.05) is 6.07 Å². The molecule has 1 fully saturated rings. The van der Waals surface area contributed by atoms with Crippen LogP contribution in [0.3, 0.4) is 0 Å². The third-order valence-electron chi connectivity index (χ3n) is 5.50. The van der Waals surface area contributed by atoms with E-state index < -0.39 is 0 Å². The number of piperidine rings is 1. The van der Waals surface area contributed by atoms with E-state index in [0.29, 0.717) is 19.1 Å². The summed E-state index contributed by atoms with van der Waals surface area (Å²) in [7, 11) is 3.62. The molecule has 0 bridgehead atoms. The molecule has 164 valence electrons. The average molecular weight is 414 g/mol. The van der Waals surface area contributed by atoms with Gasteiger partial charge in [-0.3, -0.25) is 14.7 Å². The molecule has 2 aromatic rings. The Balaban J connectivity index is 1.49. The van der Waals surface area contributed by atoms with Crippen molar-refractivity contribution in [2.75, 3.05) is 46.8 Å². The number of nitrogens with zero attached hydrogens (tertiary/aromatic N) is 5. The molecule has 1 aliphatic rings. The number of imidazole rings is 1. The summed E-state index contributed by atoms with van der Waals surface area (Å²) >= 11 is 0. The summed E-state index contributed by atoms with van der Waals surface area (Å²) in [5.74, 6) is 1.03. The number of carbonyl (C=O) groups is 1. The lowest BCUT2D eigenvalue weighted by Crippen LogP contribution is -2.50. The number of hydrogen-bond acceptors (Lipinski definition) is 4. The maximum Gasteiger partial charge on any atom is 0.236 e. The number of carbonyl (C=O) groups excluding carboxylic acids is 1. The van der Waals surface area contributed by atoms with E-state index in [4.69, 9.17) is 9.98 Å². The zero-order valence-corrected chi connectivity index (χ0v) is 18.7. The molecule has 0 atom stereocenters. The van der Waals surface area contributed by atoms with Gasteiger partial charge >= 0.3 is 0 Å². The Morgan fingerprint density at radius 2 is 2.10 bits per heavy atom. The number of aryl methyl sites for hydroxylation is 1. The van der Waals surface area contributed by atoms with Crippen molar-refractivity contribution < 1.29 is 4.79 Å². The highest BCUT2D eigenvalue weighted by Crippen LogP contribution is 2.11. The Morgan fingerprint density at radius 3 is 2.77 bits per heavy atom. The SMILES string of the molecule is CCNC(=NCCc1cn2cccc(C)c2n1)NC1CCN(CC(=O)N(C)C)CC1. The number of aromatic nitrogens is 2. The molecule has 2 aromatic heterocycles. The summed E-state index contributed by atoms with van der Waals surface area (Å²) in [6, 6.07) is 4.51. The Bertz CT molecular complexity index is 865. The zero-order valence-electron chi connectivity index (χ0n) is 18.7. The van der Waals surface area contributed by atoms with Crippen LogP contribution in [0, 0.1) is 6.92 Å². The molecule has 3 heterocycles. The first kappa shape index (κ1) is 22.1. The van der Waals surface area contributed by atoms with Crippen molar-refractivity contribution in [1.82, 2.24) is 29.8 Å². The molecule has 3 rings (SSSR count). The van der Waals surface area contributed by atoms with Crippen molar-refractivity contribution in [3.05, 3.63) is 35.8 Å². The van der Waals surface area contributed by atoms with Crippen LogP contribution in [0.5, 0.6) is 0 Å². The molecule has 8 heteroatoms. The maximum atomic E-state index is 11.9. The minimum atomic E-state index is 0.165. The lowest BCUT2D eigenvalue weighted by atomic mass is 10.1. The van der Waals surface area contributed by atoms with Crippen molar-refractivity contribution in [2.24, 2.45) is 4.99 Å². The van der Waals surface area contributed by atoms with E-state index in [2.05, 4.69) is 46.0 Å². The van der Waals surface area contributed by atoms with Crippen molar-refractivity contribution in [1.29, 1.82) is 0 Å². The predicted octanol–water partition coefficient (Wildman–Crippen LogP) is 1.29. The van der Waals surface area contributed by atoms with E-state index in [1.54, 1.807) is 4.90 Å². The van der Waals surface area contributed by atoms with Gasteiger partial charge in [-0.15, -0.1) is 0 Å². The number of rotatable bonds is 7. The second kappa shape index (κ2) is 10.4. The summed E-state index contributed by atoms with van der Waals surface area (Å²) in [4.78, 5) is 25.3. The summed E-state index contributed by atoms with van der Waals surface area (Å²) in [5, 5.41) is 6.92. The number of pyridine rings is 1. The van der Waals surface area contributed by atoms with Crippen LogP contribution in [-0.4, -0.2) is 83.9 Å². The van der Waals surface area contributed by atoms with Gasteiger partial charge in [-0.25, -0.2) is 4.98 Å². The van der Waals surface area contributed by atoms with Crippen LogP contribution in [0.1, 0.15) is 31.0 Å². The highest BCUT2D eigenvalue weighted by molar-refractivity contribution is 5.80. The van der Waals surface area contributed by atoms with Gasteiger partial charge < -0.3 is 19.9 Å². The van der Waals surface area contributed by atoms with E-state index in [0.717, 1.165) is 56.2 Å². The van der Waals surface area contributed by atoms with Gasteiger partial charge in [0.25, 0.3) is 0 Å². The van der Waals surface area contributed by atoms with Gasteiger partial charge in [0.05, 0.1) is 12.2 Å². The third-order valence-corrected chi connectivity index (χ3v) is 5.50. The average Bonchev–Trinajstić information content (AvgIpc) is 3.14. The topological polar surface area (TPSA) is 77.3 Å². The molecule has 1 amide bonds. The summed E-state index contributed by atoms with van der Waals surface area (Å²) in [6.07, 6.45) is 6.95. The molecule has 0 spiro atoms. The van der Waals surface area contributed by atoms with Gasteiger partial charge in [-0.2, -0.15) is 0 Å². The van der Waals surface area contributed by atoms with Crippen molar-refractivity contribution in [2.45, 2.75) is 39.2 Å². The second-order valence-electron chi connectivity index (χ2n) is 8.15. The van der Waals surface area contributed by atoms with Crippen LogP contribution in [-0.2, 0) is 11.2 Å². The number of aliphatic imine (C=N–C) groups is 1. The van der Waals surface area contributed by atoms with Crippen molar-refractivity contribution >= 4 is 17.5 Å². The first-order valence-electron chi connectivity index (χ1n) is 10.9. The van der Waals surface area contributed by atoms with Crippen molar-refractivity contribution in [3.8, 4) is 0 Å². The van der Waals surface area contributed by atoms with Crippen LogP contribution in [0.4, 0.5) is 0 Å². The summed E-state index contributed by atoms with van der Waals surface area (Å²) < 4.78 is 2.08. The number of likely N-dealkylation sites (tertiary alicyclic amines) is 1. The fraction of sp³-hybridized carbons (Fsp3) is 0.591. The molecule has 0 aliphatic carbocycles. The lowest BCUT2D eigenvalue weighted by molar-refractivity contribution is -0.130.